The third-order valence-corrected chi connectivity index (χ3v) is 9.49. The topological polar surface area (TPSA) is 9.86 Å². The van der Waals surface area contributed by atoms with Crippen LogP contribution in [-0.2, 0) is 12.5 Å². The predicted molar refractivity (Wildman–Crippen MR) is 170 cm³/mol. The van der Waals surface area contributed by atoms with Gasteiger partial charge in [-0.3, -0.25) is 0 Å². The quantitative estimate of drug-likeness (QED) is 0.207. The number of aryl methyl sites for hydroxylation is 1. The molecule has 0 saturated carbocycles. The van der Waals surface area contributed by atoms with Crippen molar-refractivity contribution in [1.82, 2.24) is 9.13 Å². The Bertz CT molecular complexity index is 2360. The molecule has 2 aromatic heterocycles. The Morgan fingerprint density at radius 2 is 1.05 bits per heavy atom. The van der Waals surface area contributed by atoms with Gasteiger partial charge in [-0.15, -0.1) is 0 Å². The van der Waals surface area contributed by atoms with Crippen molar-refractivity contribution in [2.45, 2.75) is 19.3 Å². The van der Waals surface area contributed by atoms with Crippen LogP contribution in [0.15, 0.2) is 115 Å². The number of nitrogens with zero attached hydrogens (tertiary/aromatic N) is 2. The summed E-state index contributed by atoms with van der Waals surface area (Å²) in [6.07, 6.45) is 0. The van der Waals surface area contributed by atoms with Crippen LogP contribution in [0.3, 0.4) is 0 Å². The molecule has 40 heavy (non-hydrogen) atoms. The lowest BCUT2D eigenvalue weighted by Gasteiger charge is -2.22. The van der Waals surface area contributed by atoms with Crippen molar-refractivity contribution in [3.05, 3.63) is 126 Å². The van der Waals surface area contributed by atoms with Crippen molar-refractivity contribution in [3.8, 4) is 16.8 Å². The van der Waals surface area contributed by atoms with Crippen molar-refractivity contribution in [2.24, 2.45) is 7.05 Å². The average molecular weight is 513 g/mol. The Balaban J connectivity index is 1.50. The maximum absolute atomic E-state index is 2.52. The van der Waals surface area contributed by atoms with E-state index in [1.54, 1.807) is 0 Å². The average Bonchev–Trinajstić information content (AvgIpc) is 3.57. The minimum absolute atomic E-state index is 0.0499. The third-order valence-electron chi connectivity index (χ3n) is 9.49. The highest BCUT2D eigenvalue weighted by Gasteiger charge is 2.35. The van der Waals surface area contributed by atoms with E-state index in [9.17, 15) is 0 Å². The molecule has 1 aliphatic carbocycles. The molecule has 6 aromatic carbocycles. The fourth-order valence-corrected chi connectivity index (χ4v) is 7.71. The van der Waals surface area contributed by atoms with Crippen molar-refractivity contribution in [2.75, 3.05) is 0 Å². The molecule has 0 bridgehead atoms. The van der Waals surface area contributed by atoms with E-state index in [2.05, 4.69) is 145 Å². The van der Waals surface area contributed by atoms with Gasteiger partial charge in [0, 0.05) is 56.0 Å². The molecule has 8 aromatic rings. The third kappa shape index (κ3) is 2.55. The molecule has 2 nitrogen and oxygen atoms in total. The minimum Gasteiger partial charge on any atom is -0.343 e. The molecule has 0 atom stereocenters. The second-order valence-electron chi connectivity index (χ2n) is 11.8. The lowest BCUT2D eigenvalue weighted by molar-refractivity contribution is 0.660. The van der Waals surface area contributed by atoms with E-state index in [0.29, 0.717) is 0 Å². The molecule has 0 aliphatic heterocycles. The predicted octanol–water partition coefficient (Wildman–Crippen LogP) is 9.89. The summed E-state index contributed by atoms with van der Waals surface area (Å²) >= 11 is 0. The van der Waals surface area contributed by atoms with Gasteiger partial charge in [0.25, 0.3) is 0 Å². The summed E-state index contributed by atoms with van der Waals surface area (Å²) < 4.78 is 4.90. The number of para-hydroxylation sites is 2. The van der Waals surface area contributed by atoms with Crippen LogP contribution >= 0.6 is 0 Å². The second-order valence-corrected chi connectivity index (χ2v) is 11.8. The van der Waals surface area contributed by atoms with Crippen LogP contribution in [0.25, 0.3) is 71.2 Å². The number of hydrogen-bond acceptors (Lipinski definition) is 0. The zero-order valence-electron chi connectivity index (χ0n) is 22.9. The smallest absolute Gasteiger partial charge is 0.0627 e. The molecule has 0 saturated heterocycles. The van der Waals surface area contributed by atoms with Crippen LogP contribution in [0.4, 0.5) is 0 Å². The molecule has 0 fully saturated rings. The summed E-state index contributed by atoms with van der Waals surface area (Å²) in [5.41, 5.74) is 11.8. The second kappa shape index (κ2) is 7.43. The first kappa shape index (κ1) is 22.0. The minimum atomic E-state index is -0.0499. The first-order valence-electron chi connectivity index (χ1n) is 14.1. The van der Waals surface area contributed by atoms with Gasteiger partial charge in [0.05, 0.1) is 16.6 Å². The highest BCUT2D eigenvalue weighted by Crippen LogP contribution is 2.50. The molecule has 1 aliphatic rings. The van der Waals surface area contributed by atoms with Crippen LogP contribution in [0.5, 0.6) is 0 Å². The fourth-order valence-electron chi connectivity index (χ4n) is 7.71. The zero-order chi connectivity index (χ0) is 26.7. The number of fused-ring (bicyclic) bond motifs is 13. The van der Waals surface area contributed by atoms with E-state index >= 15 is 0 Å². The number of hydrogen-bond donors (Lipinski definition) is 0. The highest BCUT2D eigenvalue weighted by atomic mass is 15.0. The first-order valence-corrected chi connectivity index (χ1v) is 14.1. The standard InChI is InChI=1S/C38H28N2/c1-38(2)30-17-9-6-12-24(30)25-21-20-23(22-31(25)38)40-33-19-11-8-16-29(33)35-34-28-15-7-10-18-32(28)39(3)36(34)26-13-4-5-14-27(26)37(35)40/h4-22H,1-3H3. The molecule has 9 rings (SSSR count). The Kier molecular flexibility index (Phi) is 4.09. The normalized spacial score (nSPS) is 14.1. The van der Waals surface area contributed by atoms with Gasteiger partial charge in [-0.1, -0.05) is 105 Å². The van der Waals surface area contributed by atoms with Crippen molar-refractivity contribution in [1.29, 1.82) is 0 Å². The molecule has 190 valence electrons. The summed E-state index contributed by atoms with van der Waals surface area (Å²) in [6.45, 7) is 4.73. The Hall–Kier alpha value is -4.82. The van der Waals surface area contributed by atoms with E-state index in [1.165, 1.54) is 82.3 Å². The van der Waals surface area contributed by atoms with Gasteiger partial charge in [-0.2, -0.15) is 0 Å². The van der Waals surface area contributed by atoms with E-state index in [0.717, 1.165) is 0 Å². The van der Waals surface area contributed by atoms with Gasteiger partial charge in [0.15, 0.2) is 0 Å². The molecular formula is C38H28N2. The van der Waals surface area contributed by atoms with Crippen LogP contribution in [0.2, 0.25) is 0 Å². The summed E-state index contributed by atoms with van der Waals surface area (Å²) in [4.78, 5) is 0. The van der Waals surface area contributed by atoms with Gasteiger partial charge in [0.2, 0.25) is 0 Å². The zero-order valence-corrected chi connectivity index (χ0v) is 22.9. The van der Waals surface area contributed by atoms with E-state index in [1.807, 2.05) is 0 Å². The van der Waals surface area contributed by atoms with Crippen LogP contribution < -0.4 is 0 Å². The number of rotatable bonds is 1. The molecular weight excluding hydrogens is 484 g/mol. The Labute approximate surface area is 232 Å². The van der Waals surface area contributed by atoms with E-state index < -0.39 is 0 Å². The maximum atomic E-state index is 2.52. The first-order chi connectivity index (χ1) is 19.6. The van der Waals surface area contributed by atoms with Crippen molar-refractivity contribution < 1.29 is 0 Å². The van der Waals surface area contributed by atoms with Gasteiger partial charge in [0.1, 0.15) is 0 Å². The largest absolute Gasteiger partial charge is 0.343 e. The van der Waals surface area contributed by atoms with Crippen LogP contribution in [0.1, 0.15) is 25.0 Å². The summed E-state index contributed by atoms with van der Waals surface area (Å²) in [6, 6.07) is 42.7. The maximum Gasteiger partial charge on any atom is 0.0627 e. The summed E-state index contributed by atoms with van der Waals surface area (Å²) in [5, 5.41) is 7.87. The summed E-state index contributed by atoms with van der Waals surface area (Å²) in [5.74, 6) is 0. The van der Waals surface area contributed by atoms with Gasteiger partial charge < -0.3 is 9.13 Å². The fraction of sp³-hybridized carbons (Fsp3) is 0.105. The van der Waals surface area contributed by atoms with Gasteiger partial charge in [-0.25, -0.2) is 0 Å². The van der Waals surface area contributed by atoms with Gasteiger partial charge >= 0.3 is 0 Å². The Morgan fingerprint density at radius 1 is 0.500 bits per heavy atom. The molecule has 0 unspecified atom stereocenters. The van der Waals surface area contributed by atoms with Crippen molar-refractivity contribution in [3.63, 3.8) is 0 Å². The lowest BCUT2D eigenvalue weighted by atomic mass is 9.82. The SMILES string of the molecule is Cn1c2ccccc2c2c3c4ccccc4n(-c4ccc5c(c4)C(C)(C)c4ccccc4-5)c3c3ccccc3c21. The van der Waals surface area contributed by atoms with Crippen LogP contribution in [0, 0.1) is 0 Å². The van der Waals surface area contributed by atoms with Crippen molar-refractivity contribution >= 4 is 54.4 Å². The monoisotopic (exact) mass is 512 g/mol. The van der Waals surface area contributed by atoms with E-state index in [4.69, 9.17) is 0 Å². The molecule has 0 N–H and O–H groups in total. The number of benzene rings is 6. The molecule has 2 heteroatoms. The lowest BCUT2D eigenvalue weighted by Crippen LogP contribution is -2.15. The molecule has 0 amide bonds. The molecule has 2 heterocycles. The Morgan fingerprint density at radius 3 is 1.82 bits per heavy atom. The molecule has 0 spiro atoms. The van der Waals surface area contributed by atoms with Gasteiger partial charge in [-0.05, 0) is 46.5 Å². The van der Waals surface area contributed by atoms with E-state index in [-0.39, 0.29) is 5.41 Å². The highest BCUT2D eigenvalue weighted by molar-refractivity contribution is 6.37. The summed E-state index contributed by atoms with van der Waals surface area (Å²) in [7, 11) is 2.21. The number of aromatic nitrogens is 2. The van der Waals surface area contributed by atoms with Crippen LogP contribution in [-0.4, -0.2) is 9.13 Å². The molecule has 0 radical (unpaired) electrons.